The highest BCUT2D eigenvalue weighted by Gasteiger charge is 2.35. The van der Waals surface area contributed by atoms with Gasteiger partial charge in [-0.3, -0.25) is 9.48 Å². The van der Waals surface area contributed by atoms with Crippen LogP contribution in [-0.4, -0.2) is 76.5 Å². The molecule has 1 aromatic heterocycles. The molecule has 0 spiro atoms. The lowest BCUT2D eigenvalue weighted by molar-refractivity contribution is 0.0201. The third-order valence-electron chi connectivity index (χ3n) is 6.95. The molecule has 0 aliphatic carbocycles. The van der Waals surface area contributed by atoms with E-state index in [9.17, 15) is 9.59 Å². The molecule has 0 radical (unpaired) electrons. The third-order valence-corrected chi connectivity index (χ3v) is 7.18. The number of benzene rings is 1. The molecule has 0 atom stereocenters. The number of hydrogen-bond donors (Lipinski definition) is 0. The van der Waals surface area contributed by atoms with Crippen molar-refractivity contribution >= 4 is 29.3 Å². The van der Waals surface area contributed by atoms with E-state index in [1.807, 2.05) is 48.6 Å². The molecule has 2 amide bonds. The van der Waals surface area contributed by atoms with Crippen molar-refractivity contribution < 1.29 is 14.3 Å². The summed E-state index contributed by atoms with van der Waals surface area (Å²) < 4.78 is 7.58. The number of carbonyl (C=O) groups is 2. The van der Waals surface area contributed by atoms with Gasteiger partial charge in [0.25, 0.3) is 5.91 Å². The van der Waals surface area contributed by atoms with Gasteiger partial charge in [0.2, 0.25) is 0 Å². The van der Waals surface area contributed by atoms with Crippen LogP contribution >= 0.6 is 11.6 Å². The van der Waals surface area contributed by atoms with Gasteiger partial charge in [0, 0.05) is 55.9 Å². The van der Waals surface area contributed by atoms with E-state index < -0.39 is 5.60 Å². The highest BCUT2D eigenvalue weighted by Crippen LogP contribution is 2.34. The molecule has 8 nitrogen and oxygen atoms in total. The van der Waals surface area contributed by atoms with E-state index in [2.05, 4.69) is 31.7 Å². The Labute approximate surface area is 225 Å². The minimum absolute atomic E-state index is 0.0332. The predicted octanol–water partition coefficient (Wildman–Crippen LogP) is 5.37. The van der Waals surface area contributed by atoms with Crippen molar-refractivity contribution in [2.24, 2.45) is 0 Å². The average Bonchev–Trinajstić information content (AvgIpc) is 3.29. The molecule has 37 heavy (non-hydrogen) atoms. The molecule has 0 bridgehead atoms. The molecule has 2 aliphatic rings. The van der Waals surface area contributed by atoms with Gasteiger partial charge in [-0.2, -0.15) is 5.10 Å². The Hall–Kier alpha value is -2.74. The zero-order valence-corrected chi connectivity index (χ0v) is 23.7. The van der Waals surface area contributed by atoms with Crippen LogP contribution in [0.5, 0.6) is 0 Å². The van der Waals surface area contributed by atoms with Gasteiger partial charge in [0.1, 0.15) is 5.60 Å². The number of ether oxygens (including phenoxy) is 1. The smallest absolute Gasteiger partial charge is 0.410 e. The van der Waals surface area contributed by atoms with Gasteiger partial charge >= 0.3 is 6.09 Å². The van der Waals surface area contributed by atoms with Gasteiger partial charge in [0.15, 0.2) is 0 Å². The topological polar surface area (TPSA) is 70.9 Å². The fraction of sp³-hybridized carbons (Fsp3) is 0.607. The summed E-state index contributed by atoms with van der Waals surface area (Å²) in [5.41, 5.74) is 1.97. The maximum atomic E-state index is 13.8. The molecule has 4 rings (SSSR count). The molecule has 0 N–H and O–H groups in total. The van der Waals surface area contributed by atoms with Crippen LogP contribution in [0.4, 0.5) is 10.5 Å². The lowest BCUT2D eigenvalue weighted by Crippen LogP contribution is -2.49. The monoisotopic (exact) mass is 529 g/mol. The summed E-state index contributed by atoms with van der Waals surface area (Å²) >= 11 is 6.18. The molecule has 3 heterocycles. The van der Waals surface area contributed by atoms with Gasteiger partial charge in [0.05, 0.1) is 23.0 Å². The second-order valence-corrected chi connectivity index (χ2v) is 12.5. The molecule has 2 aromatic rings. The number of hydrogen-bond acceptors (Lipinski definition) is 5. The fourth-order valence-corrected chi connectivity index (χ4v) is 5.31. The van der Waals surface area contributed by atoms with Crippen molar-refractivity contribution in [3.63, 3.8) is 0 Å². The van der Waals surface area contributed by atoms with E-state index in [0.29, 0.717) is 36.8 Å². The number of amides is 2. The number of piperidine rings is 1. The number of likely N-dealkylation sites (tertiary alicyclic amines) is 1. The second kappa shape index (κ2) is 10.6. The summed E-state index contributed by atoms with van der Waals surface area (Å²) in [6.07, 6.45) is 3.00. The Kier molecular flexibility index (Phi) is 7.79. The third kappa shape index (κ3) is 6.40. The van der Waals surface area contributed by atoms with Crippen LogP contribution in [0.1, 0.15) is 76.4 Å². The summed E-state index contributed by atoms with van der Waals surface area (Å²) in [4.78, 5) is 32.3. The maximum absolute atomic E-state index is 13.8. The molecule has 9 heteroatoms. The Morgan fingerprint density at radius 1 is 0.946 bits per heavy atom. The first-order valence-electron chi connectivity index (χ1n) is 13.2. The lowest BCUT2D eigenvalue weighted by Gasteiger charge is -2.37. The van der Waals surface area contributed by atoms with Gasteiger partial charge in [-0.1, -0.05) is 17.7 Å². The van der Waals surface area contributed by atoms with Crippen molar-refractivity contribution in [2.75, 3.05) is 44.2 Å². The van der Waals surface area contributed by atoms with Gasteiger partial charge in [-0.05, 0) is 72.6 Å². The number of carbonyl (C=O) groups excluding carboxylic acids is 2. The van der Waals surface area contributed by atoms with Crippen LogP contribution < -0.4 is 4.90 Å². The highest BCUT2D eigenvalue weighted by molar-refractivity contribution is 6.30. The van der Waals surface area contributed by atoms with E-state index in [1.165, 1.54) is 0 Å². The minimum Gasteiger partial charge on any atom is -0.444 e. The van der Waals surface area contributed by atoms with Gasteiger partial charge in [-0.25, -0.2) is 4.79 Å². The quantitative estimate of drug-likeness (QED) is 0.534. The number of nitrogens with zero attached hydrogens (tertiary/aromatic N) is 5. The number of aromatic nitrogens is 2. The van der Waals surface area contributed by atoms with Crippen molar-refractivity contribution in [1.82, 2.24) is 19.6 Å². The van der Waals surface area contributed by atoms with E-state index >= 15 is 0 Å². The Morgan fingerprint density at radius 2 is 1.59 bits per heavy atom. The molecule has 1 aromatic carbocycles. The van der Waals surface area contributed by atoms with Crippen molar-refractivity contribution in [2.45, 2.75) is 71.4 Å². The molecule has 0 unspecified atom stereocenters. The summed E-state index contributed by atoms with van der Waals surface area (Å²) in [7, 11) is 0. The van der Waals surface area contributed by atoms with Gasteiger partial charge in [-0.15, -0.1) is 0 Å². The second-order valence-electron chi connectivity index (χ2n) is 12.0. The highest BCUT2D eigenvalue weighted by atomic mass is 35.5. The Balaban J connectivity index is 1.48. The minimum atomic E-state index is -0.519. The summed E-state index contributed by atoms with van der Waals surface area (Å²) in [5, 5.41) is 5.41. The Bertz CT molecular complexity index is 1120. The molecule has 2 saturated heterocycles. The lowest BCUT2D eigenvalue weighted by atomic mass is 9.90. The first kappa shape index (κ1) is 27.3. The standard InChI is InChI=1S/C28H40ClN5O3/c1-27(2,3)34-24(20-10-12-33(13-11-20)26(36)37-28(4,5)6)23(19-30-34)25(35)32-16-14-31(15-17-32)22-9-7-8-21(29)18-22/h7-9,18-20H,10-17H2,1-6H3. The normalized spacial score (nSPS) is 17.8. The molecule has 2 fully saturated rings. The molecule has 0 saturated carbocycles. The summed E-state index contributed by atoms with van der Waals surface area (Å²) in [5.74, 6) is 0.179. The largest absolute Gasteiger partial charge is 0.444 e. The van der Waals surface area contributed by atoms with E-state index in [4.69, 9.17) is 21.4 Å². The zero-order valence-electron chi connectivity index (χ0n) is 23.0. The number of rotatable bonds is 3. The molecule has 2 aliphatic heterocycles. The number of piperazine rings is 1. The first-order valence-corrected chi connectivity index (χ1v) is 13.6. The molecular formula is C28H40ClN5O3. The summed E-state index contributed by atoms with van der Waals surface area (Å²) in [6, 6.07) is 7.85. The van der Waals surface area contributed by atoms with Crippen LogP contribution in [0, 0.1) is 0 Å². The zero-order chi connectivity index (χ0) is 27.0. The SMILES string of the molecule is CC(C)(C)OC(=O)N1CCC(c2c(C(=O)N3CCN(c4cccc(Cl)c4)CC3)cnn2C(C)(C)C)CC1. The fourth-order valence-electron chi connectivity index (χ4n) is 5.12. The predicted molar refractivity (Wildman–Crippen MR) is 147 cm³/mol. The van der Waals surface area contributed by atoms with Crippen molar-refractivity contribution in [3.8, 4) is 0 Å². The van der Waals surface area contributed by atoms with Crippen LogP contribution in [0.25, 0.3) is 0 Å². The van der Waals surface area contributed by atoms with Crippen molar-refractivity contribution in [3.05, 3.63) is 46.7 Å². The first-order chi connectivity index (χ1) is 17.3. The van der Waals surface area contributed by atoms with Crippen LogP contribution in [0.15, 0.2) is 30.5 Å². The van der Waals surface area contributed by atoms with E-state index in [1.54, 1.807) is 11.1 Å². The molecular weight excluding hydrogens is 490 g/mol. The van der Waals surface area contributed by atoms with Crippen LogP contribution in [0.3, 0.4) is 0 Å². The number of halogens is 1. The van der Waals surface area contributed by atoms with E-state index in [0.717, 1.165) is 37.3 Å². The van der Waals surface area contributed by atoms with E-state index in [-0.39, 0.29) is 23.5 Å². The molecule has 202 valence electrons. The maximum Gasteiger partial charge on any atom is 0.410 e. The van der Waals surface area contributed by atoms with Crippen LogP contribution in [-0.2, 0) is 10.3 Å². The average molecular weight is 530 g/mol. The van der Waals surface area contributed by atoms with Crippen LogP contribution in [0.2, 0.25) is 5.02 Å². The number of anilines is 1. The van der Waals surface area contributed by atoms with Crippen molar-refractivity contribution in [1.29, 1.82) is 0 Å². The van der Waals surface area contributed by atoms with Gasteiger partial charge < -0.3 is 19.4 Å². The Morgan fingerprint density at radius 3 is 2.16 bits per heavy atom. The summed E-state index contributed by atoms with van der Waals surface area (Å²) in [6.45, 7) is 16.0.